The maximum Gasteiger partial charge on any atom is 0.355 e. The summed E-state index contributed by atoms with van der Waals surface area (Å²) in [5, 5.41) is 49.9. The zero-order chi connectivity index (χ0) is 21.5. The minimum absolute atomic E-state index is 0.0417. The third-order valence-electron chi connectivity index (χ3n) is 5.02. The highest BCUT2D eigenvalue weighted by Crippen LogP contribution is 2.32. The minimum atomic E-state index is -2.75. The van der Waals surface area contributed by atoms with Crippen LogP contribution in [0.15, 0.2) is 64.0 Å². The standard InChI is InChI=1S/C21H20O9/c22-9-16-18(24)19(25)20(26)21(27,30-16)29-12-6-7-13-15(8-12)28-10-14(17(13)23)11-4-2-1-3-5-11/h1-8,10,16,18-20,22,24-27H,9H2/t16-,18+,19+,20-,21+/m0/s1. The molecule has 0 aliphatic carbocycles. The van der Waals surface area contributed by atoms with Crippen LogP contribution < -0.4 is 10.2 Å². The van der Waals surface area contributed by atoms with Gasteiger partial charge >= 0.3 is 5.97 Å². The molecule has 3 aromatic rings. The van der Waals surface area contributed by atoms with Crippen molar-refractivity contribution < 1.29 is 39.4 Å². The molecule has 0 saturated carbocycles. The first-order valence-electron chi connectivity index (χ1n) is 9.19. The maximum atomic E-state index is 12.8. The third-order valence-corrected chi connectivity index (χ3v) is 5.02. The van der Waals surface area contributed by atoms with Gasteiger partial charge in [-0.3, -0.25) is 4.79 Å². The monoisotopic (exact) mass is 416 g/mol. The van der Waals surface area contributed by atoms with E-state index in [1.54, 1.807) is 24.3 Å². The fraction of sp³-hybridized carbons (Fsp3) is 0.286. The van der Waals surface area contributed by atoms with E-state index in [0.717, 1.165) is 0 Å². The maximum absolute atomic E-state index is 12.8. The molecule has 1 fully saturated rings. The molecule has 9 heteroatoms. The van der Waals surface area contributed by atoms with Crippen LogP contribution in [0.25, 0.3) is 22.1 Å². The molecule has 4 rings (SSSR count). The molecule has 1 aliphatic heterocycles. The van der Waals surface area contributed by atoms with Gasteiger partial charge in [0.25, 0.3) is 0 Å². The SMILES string of the molecule is O=c1c(-c2ccccc2)coc2cc(O[C@@]3(O)O[C@@H](CO)[C@@H](O)[C@@H](O)[C@@H]3O)ccc12. The molecule has 5 N–H and O–H groups in total. The summed E-state index contributed by atoms with van der Waals surface area (Å²) in [5.41, 5.74) is 0.972. The van der Waals surface area contributed by atoms with Crippen molar-refractivity contribution in [1.82, 2.24) is 0 Å². The van der Waals surface area contributed by atoms with Crippen molar-refractivity contribution in [2.75, 3.05) is 6.61 Å². The Hall–Kier alpha value is -2.79. The molecule has 9 nitrogen and oxygen atoms in total. The number of aliphatic hydroxyl groups is 5. The molecular formula is C21H20O9. The van der Waals surface area contributed by atoms with Crippen molar-refractivity contribution in [1.29, 1.82) is 0 Å². The van der Waals surface area contributed by atoms with E-state index in [9.17, 15) is 30.3 Å². The second kappa shape index (κ2) is 7.80. The van der Waals surface area contributed by atoms with Gasteiger partial charge in [-0.1, -0.05) is 30.3 Å². The van der Waals surface area contributed by atoms with Gasteiger partial charge in [-0.15, -0.1) is 0 Å². The Morgan fingerprint density at radius 1 is 1.03 bits per heavy atom. The Bertz CT molecular complexity index is 1090. The van der Waals surface area contributed by atoms with Gasteiger partial charge in [-0.2, -0.15) is 0 Å². The van der Waals surface area contributed by atoms with Gasteiger partial charge in [0.15, 0.2) is 11.5 Å². The summed E-state index contributed by atoms with van der Waals surface area (Å²) in [6.45, 7) is -0.731. The smallest absolute Gasteiger partial charge is 0.355 e. The van der Waals surface area contributed by atoms with E-state index in [-0.39, 0.29) is 22.1 Å². The fourth-order valence-electron chi connectivity index (χ4n) is 3.37. The predicted molar refractivity (Wildman–Crippen MR) is 103 cm³/mol. The van der Waals surface area contributed by atoms with Gasteiger partial charge < -0.3 is 39.4 Å². The molecule has 0 unspecified atom stereocenters. The lowest BCUT2D eigenvalue weighted by Gasteiger charge is -2.44. The largest absolute Gasteiger partial charge is 0.463 e. The number of hydrogen-bond acceptors (Lipinski definition) is 9. The Balaban J connectivity index is 1.67. The van der Waals surface area contributed by atoms with Crippen molar-refractivity contribution in [3.63, 3.8) is 0 Å². The van der Waals surface area contributed by atoms with Gasteiger partial charge in [0.1, 0.15) is 35.9 Å². The quantitative estimate of drug-likeness (QED) is 0.369. The number of hydrogen-bond donors (Lipinski definition) is 5. The van der Waals surface area contributed by atoms with Crippen molar-refractivity contribution in [3.05, 3.63) is 65.0 Å². The van der Waals surface area contributed by atoms with Crippen LogP contribution in [0.3, 0.4) is 0 Å². The van der Waals surface area contributed by atoms with Crippen LogP contribution in [0.1, 0.15) is 0 Å². The van der Waals surface area contributed by atoms with E-state index < -0.39 is 37.0 Å². The molecule has 0 amide bonds. The van der Waals surface area contributed by atoms with Crippen LogP contribution in [0.5, 0.6) is 5.75 Å². The number of ether oxygens (including phenoxy) is 2. The van der Waals surface area contributed by atoms with E-state index >= 15 is 0 Å². The first-order chi connectivity index (χ1) is 14.3. The molecule has 2 heterocycles. The summed E-state index contributed by atoms with van der Waals surface area (Å²) in [6, 6.07) is 13.1. The van der Waals surface area contributed by atoms with E-state index in [2.05, 4.69) is 0 Å². The van der Waals surface area contributed by atoms with Crippen molar-refractivity contribution in [3.8, 4) is 16.9 Å². The molecule has 0 bridgehead atoms. The molecule has 1 saturated heterocycles. The predicted octanol–water partition coefficient (Wildman–Crippen LogP) is -0.0413. The van der Waals surface area contributed by atoms with Crippen molar-refractivity contribution in [2.45, 2.75) is 30.4 Å². The van der Waals surface area contributed by atoms with E-state index in [0.29, 0.717) is 11.1 Å². The summed E-state index contributed by atoms with van der Waals surface area (Å²) in [4.78, 5) is 12.8. The highest BCUT2D eigenvalue weighted by atomic mass is 16.8. The first-order valence-corrected chi connectivity index (χ1v) is 9.19. The number of fused-ring (bicyclic) bond motifs is 1. The molecule has 1 aromatic heterocycles. The van der Waals surface area contributed by atoms with Crippen LogP contribution in [0, 0.1) is 0 Å². The summed E-state index contributed by atoms with van der Waals surface area (Å²) in [5.74, 6) is -2.79. The molecule has 0 radical (unpaired) electrons. The Kier molecular flexibility index (Phi) is 5.33. The second-order valence-corrected chi connectivity index (χ2v) is 7.00. The zero-order valence-electron chi connectivity index (χ0n) is 15.6. The lowest BCUT2D eigenvalue weighted by Crippen LogP contribution is -2.67. The second-order valence-electron chi connectivity index (χ2n) is 7.00. The molecule has 1 aliphatic rings. The van der Waals surface area contributed by atoms with Gasteiger partial charge in [-0.25, -0.2) is 0 Å². The average Bonchev–Trinajstić information content (AvgIpc) is 2.76. The summed E-state index contributed by atoms with van der Waals surface area (Å²) in [7, 11) is 0. The normalized spacial score (nSPS) is 29.1. The fourth-order valence-corrected chi connectivity index (χ4v) is 3.37. The Morgan fingerprint density at radius 2 is 1.77 bits per heavy atom. The highest BCUT2D eigenvalue weighted by Gasteiger charge is 2.55. The average molecular weight is 416 g/mol. The van der Waals surface area contributed by atoms with Crippen molar-refractivity contribution in [2.24, 2.45) is 0 Å². The van der Waals surface area contributed by atoms with Gasteiger partial charge in [0.2, 0.25) is 0 Å². The Morgan fingerprint density at radius 3 is 2.47 bits per heavy atom. The molecule has 5 atom stereocenters. The van der Waals surface area contributed by atoms with Gasteiger partial charge in [0, 0.05) is 6.07 Å². The number of aliphatic hydroxyl groups excluding tert-OH is 4. The number of rotatable bonds is 4. The van der Waals surface area contributed by atoms with E-state index in [4.69, 9.17) is 13.9 Å². The van der Waals surface area contributed by atoms with Crippen LogP contribution in [0.2, 0.25) is 0 Å². The molecular weight excluding hydrogens is 396 g/mol. The minimum Gasteiger partial charge on any atom is -0.463 e. The summed E-state index contributed by atoms with van der Waals surface area (Å²) < 4.78 is 15.9. The van der Waals surface area contributed by atoms with Gasteiger partial charge in [-0.05, 0) is 17.7 Å². The molecule has 2 aromatic carbocycles. The van der Waals surface area contributed by atoms with E-state index in [1.165, 1.54) is 24.5 Å². The summed E-state index contributed by atoms with van der Waals surface area (Å²) in [6.07, 6.45) is -5.56. The third kappa shape index (κ3) is 3.47. The van der Waals surface area contributed by atoms with Crippen LogP contribution in [-0.2, 0) is 4.74 Å². The highest BCUT2D eigenvalue weighted by molar-refractivity contribution is 5.82. The van der Waals surface area contributed by atoms with Gasteiger partial charge in [0.05, 0.1) is 17.6 Å². The molecule has 30 heavy (non-hydrogen) atoms. The van der Waals surface area contributed by atoms with Crippen LogP contribution in [0.4, 0.5) is 0 Å². The van der Waals surface area contributed by atoms with Crippen molar-refractivity contribution >= 4 is 11.0 Å². The Labute approximate surface area is 170 Å². The topological polar surface area (TPSA) is 150 Å². The van der Waals surface area contributed by atoms with Crippen LogP contribution >= 0.6 is 0 Å². The molecule has 0 spiro atoms. The number of benzene rings is 2. The van der Waals surface area contributed by atoms with E-state index in [1.807, 2.05) is 6.07 Å². The lowest BCUT2D eigenvalue weighted by atomic mass is 9.98. The first kappa shape index (κ1) is 20.5. The zero-order valence-corrected chi connectivity index (χ0v) is 15.6. The summed E-state index contributed by atoms with van der Waals surface area (Å²) >= 11 is 0. The van der Waals surface area contributed by atoms with Crippen LogP contribution in [-0.4, -0.2) is 62.5 Å². The lowest BCUT2D eigenvalue weighted by molar-refractivity contribution is -0.422. The molecule has 158 valence electrons.